The van der Waals surface area contributed by atoms with Crippen molar-refractivity contribution in [2.75, 3.05) is 7.11 Å². The highest BCUT2D eigenvalue weighted by Gasteiger charge is 2.19. The molecule has 0 aliphatic carbocycles. The fourth-order valence-corrected chi connectivity index (χ4v) is 3.64. The number of rotatable bonds is 6. The normalized spacial score (nSPS) is 11.6. The second-order valence-electron chi connectivity index (χ2n) is 5.91. The number of oxazole rings is 1. The molecule has 0 amide bonds. The monoisotopic (exact) mass is 390 g/mol. The molecule has 0 radical (unpaired) electrons. The lowest BCUT2D eigenvalue weighted by atomic mass is 10.1. The van der Waals surface area contributed by atoms with Gasteiger partial charge in [0.2, 0.25) is 10.0 Å². The number of nitrogens with zero attached hydrogens (tertiary/aromatic N) is 1. The van der Waals surface area contributed by atoms with Gasteiger partial charge in [-0.15, -0.1) is 0 Å². The topological polar surface area (TPSA) is 108 Å². The largest absolute Gasteiger partial charge is 0.468 e. The van der Waals surface area contributed by atoms with Crippen LogP contribution in [0.25, 0.3) is 11.1 Å². The lowest BCUT2D eigenvalue weighted by molar-refractivity contribution is -0.141. The van der Waals surface area contributed by atoms with E-state index in [0.717, 1.165) is 15.7 Å². The maximum Gasteiger partial charge on any atom is 0.420 e. The first kappa shape index (κ1) is 18.9. The second-order valence-corrected chi connectivity index (χ2v) is 7.68. The summed E-state index contributed by atoms with van der Waals surface area (Å²) in [5, 5.41) is 0. The van der Waals surface area contributed by atoms with Gasteiger partial charge in [-0.2, -0.15) is 0 Å². The quantitative estimate of drug-likeness (QED) is 0.640. The smallest absolute Gasteiger partial charge is 0.420 e. The van der Waals surface area contributed by atoms with Crippen LogP contribution in [0.3, 0.4) is 0 Å². The van der Waals surface area contributed by atoms with E-state index >= 15 is 0 Å². The Bertz CT molecular complexity index is 1160. The molecule has 0 spiro atoms. The molecule has 0 saturated carbocycles. The molecule has 0 atom stereocenters. The molecular formula is C18H18N2O6S. The van der Waals surface area contributed by atoms with E-state index in [1.165, 1.54) is 25.3 Å². The predicted molar refractivity (Wildman–Crippen MR) is 97.7 cm³/mol. The van der Waals surface area contributed by atoms with Crippen molar-refractivity contribution >= 4 is 27.1 Å². The number of esters is 1. The number of sulfonamides is 1. The molecule has 3 aromatic rings. The van der Waals surface area contributed by atoms with Crippen LogP contribution in [0.15, 0.2) is 56.6 Å². The minimum absolute atomic E-state index is 0.0393. The van der Waals surface area contributed by atoms with Gasteiger partial charge >= 0.3 is 11.7 Å². The lowest BCUT2D eigenvalue weighted by Gasteiger charge is -2.09. The fraction of sp³-hybridized carbons (Fsp3) is 0.222. The molecule has 8 nitrogen and oxygen atoms in total. The van der Waals surface area contributed by atoms with Crippen LogP contribution in [0.1, 0.15) is 11.1 Å². The molecule has 0 aliphatic rings. The molecule has 0 aliphatic heterocycles. The molecule has 9 heteroatoms. The number of aryl methyl sites for hydroxylation is 1. The van der Waals surface area contributed by atoms with E-state index in [2.05, 4.69) is 9.46 Å². The highest BCUT2D eigenvalue weighted by atomic mass is 32.2. The number of carbonyl (C=O) groups is 1. The Kier molecular flexibility index (Phi) is 5.15. The van der Waals surface area contributed by atoms with Crippen LogP contribution in [-0.4, -0.2) is 26.1 Å². The summed E-state index contributed by atoms with van der Waals surface area (Å²) in [5.74, 6) is -1.38. The maximum absolute atomic E-state index is 12.6. The fourth-order valence-electron chi connectivity index (χ4n) is 2.62. The zero-order valence-corrected chi connectivity index (χ0v) is 15.6. The molecule has 0 saturated heterocycles. The third-order valence-electron chi connectivity index (χ3n) is 4.18. The van der Waals surface area contributed by atoms with Crippen molar-refractivity contribution in [1.82, 2.24) is 9.29 Å². The maximum atomic E-state index is 12.6. The van der Waals surface area contributed by atoms with Gasteiger partial charge in [-0.1, -0.05) is 24.3 Å². The van der Waals surface area contributed by atoms with Crippen LogP contribution in [-0.2, 0) is 32.6 Å². The summed E-state index contributed by atoms with van der Waals surface area (Å²) in [6.45, 7) is 1.72. The number of nitrogens with one attached hydrogen (secondary N) is 1. The Balaban J connectivity index is 1.89. The SMILES string of the molecule is COC(=O)Cn1c(=O)oc2cc(S(=O)(=O)NCc3ccccc3C)ccc21. The summed E-state index contributed by atoms with van der Waals surface area (Å²) >= 11 is 0. The van der Waals surface area contributed by atoms with E-state index < -0.39 is 21.7 Å². The Morgan fingerprint density at radius 1 is 1.22 bits per heavy atom. The summed E-state index contributed by atoms with van der Waals surface area (Å²) in [7, 11) is -2.60. The minimum Gasteiger partial charge on any atom is -0.468 e. The Labute approximate surface area is 155 Å². The summed E-state index contributed by atoms with van der Waals surface area (Å²) < 4.78 is 38.4. The number of benzene rings is 2. The number of aromatic nitrogens is 1. The number of hydrogen-bond donors (Lipinski definition) is 1. The van der Waals surface area contributed by atoms with Crippen molar-refractivity contribution in [2.24, 2.45) is 0 Å². The number of ether oxygens (including phenoxy) is 1. The van der Waals surface area contributed by atoms with Crippen molar-refractivity contribution < 1.29 is 22.4 Å². The van der Waals surface area contributed by atoms with E-state index in [4.69, 9.17) is 4.42 Å². The molecule has 0 fully saturated rings. The van der Waals surface area contributed by atoms with Crippen LogP contribution in [0.5, 0.6) is 0 Å². The molecule has 1 heterocycles. The van der Waals surface area contributed by atoms with Gasteiger partial charge in [-0.05, 0) is 30.2 Å². The molecule has 0 bridgehead atoms. The number of carbonyl (C=O) groups excluding carboxylic acids is 1. The first-order valence-electron chi connectivity index (χ1n) is 8.06. The van der Waals surface area contributed by atoms with Crippen LogP contribution >= 0.6 is 0 Å². The van der Waals surface area contributed by atoms with Crippen LogP contribution in [0, 0.1) is 6.92 Å². The molecule has 0 unspecified atom stereocenters. The molecule has 1 aromatic heterocycles. The van der Waals surface area contributed by atoms with Crippen LogP contribution in [0.2, 0.25) is 0 Å². The summed E-state index contributed by atoms with van der Waals surface area (Å²) in [5.41, 5.74) is 2.21. The summed E-state index contributed by atoms with van der Waals surface area (Å²) in [6, 6.07) is 11.5. The third kappa shape index (κ3) is 3.93. The van der Waals surface area contributed by atoms with E-state index in [-0.39, 0.29) is 23.6 Å². The van der Waals surface area contributed by atoms with E-state index in [1.54, 1.807) is 0 Å². The molecule has 27 heavy (non-hydrogen) atoms. The van der Waals surface area contributed by atoms with Crippen molar-refractivity contribution in [3.8, 4) is 0 Å². The first-order valence-corrected chi connectivity index (χ1v) is 9.54. The average Bonchev–Trinajstić information content (AvgIpc) is 2.95. The number of methoxy groups -OCH3 is 1. The Morgan fingerprint density at radius 2 is 1.96 bits per heavy atom. The van der Waals surface area contributed by atoms with Crippen molar-refractivity contribution in [3.05, 3.63) is 64.1 Å². The minimum atomic E-state index is -3.81. The van der Waals surface area contributed by atoms with Gasteiger partial charge in [0.05, 0.1) is 17.5 Å². The average molecular weight is 390 g/mol. The molecule has 2 aromatic carbocycles. The van der Waals surface area contributed by atoms with Crippen LogP contribution < -0.4 is 10.5 Å². The van der Waals surface area contributed by atoms with Gasteiger partial charge < -0.3 is 9.15 Å². The van der Waals surface area contributed by atoms with Gasteiger partial charge in [0.15, 0.2) is 5.58 Å². The molecule has 1 N–H and O–H groups in total. The predicted octanol–water partition coefficient (Wildman–Crippen LogP) is 1.55. The highest BCUT2D eigenvalue weighted by Crippen LogP contribution is 2.19. The van der Waals surface area contributed by atoms with Crippen molar-refractivity contribution in [3.63, 3.8) is 0 Å². The van der Waals surface area contributed by atoms with Gasteiger partial charge in [0.25, 0.3) is 0 Å². The lowest BCUT2D eigenvalue weighted by Crippen LogP contribution is -2.23. The number of hydrogen-bond acceptors (Lipinski definition) is 6. The van der Waals surface area contributed by atoms with Crippen molar-refractivity contribution in [2.45, 2.75) is 24.9 Å². The summed E-state index contributed by atoms with van der Waals surface area (Å²) in [4.78, 5) is 23.3. The van der Waals surface area contributed by atoms with Crippen LogP contribution in [0.4, 0.5) is 0 Å². The van der Waals surface area contributed by atoms with Gasteiger partial charge in [-0.3, -0.25) is 9.36 Å². The zero-order valence-electron chi connectivity index (χ0n) is 14.8. The molecule has 142 valence electrons. The number of fused-ring (bicyclic) bond motifs is 1. The van der Waals surface area contributed by atoms with Crippen molar-refractivity contribution in [1.29, 1.82) is 0 Å². The molecule has 3 rings (SSSR count). The second kappa shape index (κ2) is 7.37. The first-order chi connectivity index (χ1) is 12.8. The van der Waals surface area contributed by atoms with E-state index in [0.29, 0.717) is 5.52 Å². The van der Waals surface area contributed by atoms with Gasteiger partial charge in [0.1, 0.15) is 6.54 Å². The Hall–Kier alpha value is -2.91. The third-order valence-corrected chi connectivity index (χ3v) is 5.58. The van der Waals surface area contributed by atoms with Gasteiger partial charge in [-0.25, -0.2) is 17.9 Å². The highest BCUT2D eigenvalue weighted by molar-refractivity contribution is 7.89. The van der Waals surface area contributed by atoms with E-state index in [1.807, 2.05) is 31.2 Å². The van der Waals surface area contributed by atoms with Gasteiger partial charge in [0, 0.05) is 12.6 Å². The Morgan fingerprint density at radius 3 is 2.67 bits per heavy atom. The van der Waals surface area contributed by atoms with E-state index in [9.17, 15) is 18.0 Å². The molecular weight excluding hydrogens is 372 g/mol. The standard InChI is InChI=1S/C18H18N2O6S/c1-12-5-3-4-6-13(12)10-19-27(23,24)14-7-8-15-16(9-14)26-18(22)20(15)11-17(21)25-2/h3-9,19H,10-11H2,1-2H3. The summed E-state index contributed by atoms with van der Waals surface area (Å²) in [6.07, 6.45) is 0. The zero-order chi connectivity index (χ0) is 19.6.